The Bertz CT molecular complexity index is 434. The van der Waals surface area contributed by atoms with E-state index >= 15 is 0 Å². The molecule has 0 heterocycles. The van der Waals surface area contributed by atoms with Crippen LogP contribution < -0.4 is 0 Å². The van der Waals surface area contributed by atoms with Crippen LogP contribution in [0.25, 0.3) is 0 Å². The molecular weight excluding hydrogens is 226 g/mol. The van der Waals surface area contributed by atoms with Crippen LogP contribution in [0.2, 0.25) is 0 Å². The molecule has 1 N–H and O–H groups in total. The first-order valence-corrected chi connectivity index (χ1v) is 5.83. The number of hydrogen-bond donors (Lipinski definition) is 1. The van der Waals surface area contributed by atoms with E-state index in [0.29, 0.717) is 6.07 Å². The van der Waals surface area contributed by atoms with E-state index in [1.54, 1.807) is 0 Å². The highest BCUT2D eigenvalue weighted by atomic mass is 32.2. The average molecular weight is 236 g/mol. The summed E-state index contributed by atoms with van der Waals surface area (Å²) in [6.45, 7) is 1.28. The summed E-state index contributed by atoms with van der Waals surface area (Å²) in [5, 5.41) is 8.92. The van der Waals surface area contributed by atoms with Gasteiger partial charge in [0.15, 0.2) is 9.84 Å². The maximum absolute atomic E-state index is 12.7. The lowest BCUT2D eigenvalue weighted by Gasteiger charge is -2.06. The van der Waals surface area contributed by atoms with Gasteiger partial charge in [0.25, 0.3) is 0 Å². The van der Waals surface area contributed by atoms with Crippen LogP contribution in [-0.2, 0) is 9.84 Å². The third-order valence-corrected chi connectivity index (χ3v) is 3.53. The molecule has 0 amide bonds. The molecule has 0 radical (unpaired) electrons. The summed E-state index contributed by atoms with van der Waals surface area (Å²) in [6, 6.07) is 2.03. The summed E-state index contributed by atoms with van der Waals surface area (Å²) in [7, 11) is -3.83. The summed E-state index contributed by atoms with van der Waals surface area (Å²) >= 11 is 0. The van der Waals surface area contributed by atoms with Crippen LogP contribution in [-0.4, -0.2) is 25.4 Å². The van der Waals surface area contributed by atoms with Crippen LogP contribution in [0.1, 0.15) is 6.92 Å². The predicted molar refractivity (Wildman–Crippen MR) is 50.1 cm³/mol. The van der Waals surface area contributed by atoms with Gasteiger partial charge in [-0.1, -0.05) is 0 Å². The molecule has 0 aromatic heterocycles. The Hall–Kier alpha value is -1.01. The summed E-state index contributed by atoms with van der Waals surface area (Å²) in [5.41, 5.74) is 0. The van der Waals surface area contributed by atoms with Crippen LogP contribution in [0.5, 0.6) is 0 Å². The van der Waals surface area contributed by atoms with Crippen LogP contribution in [0, 0.1) is 11.6 Å². The second-order valence-corrected chi connectivity index (χ2v) is 5.27. The quantitative estimate of drug-likeness (QED) is 0.855. The SMILES string of the molecule is CC(O)CS(=O)(=O)c1cc(F)cc(F)c1. The molecular formula is C9H10F2O3S. The predicted octanol–water partition coefficient (Wildman–Crippen LogP) is 1.12. The number of rotatable bonds is 3. The van der Waals surface area contributed by atoms with Gasteiger partial charge in [0.05, 0.1) is 16.8 Å². The molecule has 3 nitrogen and oxygen atoms in total. The molecule has 15 heavy (non-hydrogen) atoms. The van der Waals surface area contributed by atoms with Crippen molar-refractivity contribution in [2.75, 3.05) is 5.75 Å². The van der Waals surface area contributed by atoms with E-state index in [4.69, 9.17) is 5.11 Å². The fourth-order valence-corrected chi connectivity index (χ4v) is 2.53. The van der Waals surface area contributed by atoms with E-state index in [9.17, 15) is 17.2 Å². The van der Waals surface area contributed by atoms with E-state index in [2.05, 4.69) is 0 Å². The topological polar surface area (TPSA) is 54.4 Å². The Morgan fingerprint density at radius 2 is 1.73 bits per heavy atom. The highest BCUT2D eigenvalue weighted by molar-refractivity contribution is 7.91. The monoisotopic (exact) mass is 236 g/mol. The van der Waals surface area contributed by atoms with Crippen molar-refractivity contribution in [2.24, 2.45) is 0 Å². The van der Waals surface area contributed by atoms with Crippen LogP contribution in [0.3, 0.4) is 0 Å². The van der Waals surface area contributed by atoms with E-state index in [-0.39, 0.29) is 0 Å². The lowest BCUT2D eigenvalue weighted by Crippen LogP contribution is -2.18. The largest absolute Gasteiger partial charge is 0.392 e. The number of aliphatic hydroxyl groups is 1. The van der Waals surface area contributed by atoms with Crippen molar-refractivity contribution in [3.8, 4) is 0 Å². The molecule has 0 saturated heterocycles. The Labute approximate surface area is 86.3 Å². The molecule has 1 unspecified atom stereocenters. The average Bonchev–Trinajstić information content (AvgIpc) is 1.99. The molecule has 1 aromatic carbocycles. The molecule has 84 valence electrons. The van der Waals surface area contributed by atoms with Crippen molar-refractivity contribution >= 4 is 9.84 Å². The summed E-state index contributed by atoms with van der Waals surface area (Å²) in [6.07, 6.45) is -1.08. The highest BCUT2D eigenvalue weighted by Gasteiger charge is 2.18. The Balaban J connectivity index is 3.16. The fraction of sp³-hybridized carbons (Fsp3) is 0.333. The van der Waals surface area contributed by atoms with Crippen LogP contribution in [0.4, 0.5) is 8.78 Å². The normalized spacial score (nSPS) is 13.9. The van der Waals surface area contributed by atoms with Gasteiger partial charge in [-0.05, 0) is 19.1 Å². The van der Waals surface area contributed by atoms with Gasteiger partial charge in [-0.25, -0.2) is 17.2 Å². The van der Waals surface area contributed by atoms with Gasteiger partial charge >= 0.3 is 0 Å². The van der Waals surface area contributed by atoms with Crippen molar-refractivity contribution in [1.82, 2.24) is 0 Å². The molecule has 1 atom stereocenters. The smallest absolute Gasteiger partial charge is 0.181 e. The number of benzene rings is 1. The minimum atomic E-state index is -3.83. The van der Waals surface area contributed by atoms with Gasteiger partial charge < -0.3 is 5.11 Å². The van der Waals surface area contributed by atoms with Crippen molar-refractivity contribution in [1.29, 1.82) is 0 Å². The number of hydrogen-bond acceptors (Lipinski definition) is 3. The minimum Gasteiger partial charge on any atom is -0.392 e. The van der Waals surface area contributed by atoms with Gasteiger partial charge in [-0.2, -0.15) is 0 Å². The number of halogens is 2. The van der Waals surface area contributed by atoms with Crippen LogP contribution in [0.15, 0.2) is 23.1 Å². The second-order valence-electron chi connectivity index (χ2n) is 3.24. The lowest BCUT2D eigenvalue weighted by atomic mass is 10.3. The molecule has 0 bridgehead atoms. The van der Waals surface area contributed by atoms with Crippen molar-refractivity contribution in [2.45, 2.75) is 17.9 Å². The standard InChI is InChI=1S/C9H10F2O3S/c1-6(12)5-15(13,14)9-3-7(10)2-8(11)4-9/h2-4,6,12H,5H2,1H3. The van der Waals surface area contributed by atoms with E-state index in [1.807, 2.05) is 0 Å². The summed E-state index contributed by atoms with van der Waals surface area (Å²) in [5.74, 6) is -2.48. The van der Waals surface area contributed by atoms with Crippen molar-refractivity contribution < 1.29 is 22.3 Å². The number of aliphatic hydroxyl groups excluding tert-OH is 1. The van der Waals surface area contributed by atoms with Gasteiger partial charge in [0, 0.05) is 6.07 Å². The molecule has 0 spiro atoms. The van der Waals surface area contributed by atoms with Crippen molar-refractivity contribution in [3.63, 3.8) is 0 Å². The minimum absolute atomic E-state index is 0.457. The molecule has 0 aliphatic rings. The molecule has 0 aliphatic heterocycles. The molecule has 6 heteroatoms. The maximum Gasteiger partial charge on any atom is 0.181 e. The van der Waals surface area contributed by atoms with Gasteiger partial charge in [-0.3, -0.25) is 0 Å². The van der Waals surface area contributed by atoms with Crippen LogP contribution >= 0.6 is 0 Å². The molecule has 0 fully saturated rings. The first kappa shape index (κ1) is 12.1. The van der Waals surface area contributed by atoms with E-state index in [0.717, 1.165) is 12.1 Å². The Kier molecular flexibility index (Phi) is 3.41. The van der Waals surface area contributed by atoms with E-state index in [1.165, 1.54) is 6.92 Å². The lowest BCUT2D eigenvalue weighted by molar-refractivity contribution is 0.218. The Morgan fingerprint density at radius 3 is 2.13 bits per heavy atom. The summed E-state index contributed by atoms with van der Waals surface area (Å²) in [4.78, 5) is -0.457. The Morgan fingerprint density at radius 1 is 1.27 bits per heavy atom. The van der Waals surface area contributed by atoms with Gasteiger partial charge in [0.1, 0.15) is 11.6 Å². The van der Waals surface area contributed by atoms with Crippen molar-refractivity contribution in [3.05, 3.63) is 29.8 Å². The highest BCUT2D eigenvalue weighted by Crippen LogP contribution is 2.15. The second kappa shape index (κ2) is 4.24. The van der Waals surface area contributed by atoms with Gasteiger partial charge in [0.2, 0.25) is 0 Å². The molecule has 0 saturated carbocycles. The molecule has 1 rings (SSSR count). The van der Waals surface area contributed by atoms with E-state index < -0.39 is 38.2 Å². The zero-order valence-electron chi connectivity index (χ0n) is 7.94. The third-order valence-electron chi connectivity index (χ3n) is 1.66. The zero-order valence-corrected chi connectivity index (χ0v) is 8.76. The van der Waals surface area contributed by atoms with Gasteiger partial charge in [-0.15, -0.1) is 0 Å². The molecule has 0 aliphatic carbocycles. The first-order valence-electron chi connectivity index (χ1n) is 4.18. The third kappa shape index (κ3) is 3.24. The zero-order chi connectivity index (χ0) is 11.6. The molecule has 1 aromatic rings. The fourth-order valence-electron chi connectivity index (χ4n) is 1.12. The summed E-state index contributed by atoms with van der Waals surface area (Å²) < 4.78 is 48.4. The number of sulfone groups is 1. The maximum atomic E-state index is 12.7. The first-order chi connectivity index (χ1) is 6.81.